The van der Waals surface area contributed by atoms with Crippen LogP contribution in [0.2, 0.25) is 0 Å². The summed E-state index contributed by atoms with van der Waals surface area (Å²) in [5.41, 5.74) is 9.22. The summed E-state index contributed by atoms with van der Waals surface area (Å²) in [5, 5.41) is 3.16. The Morgan fingerprint density at radius 1 is 1.21 bits per heavy atom. The van der Waals surface area contributed by atoms with E-state index >= 15 is 0 Å². The van der Waals surface area contributed by atoms with Crippen molar-refractivity contribution in [3.05, 3.63) is 71.4 Å². The lowest BCUT2D eigenvalue weighted by molar-refractivity contribution is 0.0619. The van der Waals surface area contributed by atoms with Gasteiger partial charge >= 0.3 is 0 Å². The molecule has 148 valence electrons. The van der Waals surface area contributed by atoms with Gasteiger partial charge in [0.2, 0.25) is 5.95 Å². The molecule has 1 amide bonds. The van der Waals surface area contributed by atoms with Crippen molar-refractivity contribution in [1.82, 2.24) is 15.3 Å². The summed E-state index contributed by atoms with van der Waals surface area (Å²) in [6.45, 7) is 6.08. The zero-order valence-corrected chi connectivity index (χ0v) is 16.8. The minimum atomic E-state index is -0.390. The average molecular weight is 388 g/mol. The normalized spacial score (nSPS) is 17.1. The number of ether oxygens (including phenoxy) is 1. The molecule has 6 heteroatoms. The molecule has 0 saturated heterocycles. The molecule has 1 unspecified atom stereocenters. The summed E-state index contributed by atoms with van der Waals surface area (Å²) in [4.78, 5) is 21.6. The van der Waals surface area contributed by atoms with Crippen LogP contribution >= 0.6 is 0 Å². The van der Waals surface area contributed by atoms with E-state index in [4.69, 9.17) is 10.5 Å². The second-order valence-corrected chi connectivity index (χ2v) is 7.99. The zero-order valence-electron chi connectivity index (χ0n) is 16.8. The Labute approximate surface area is 170 Å². The smallest absolute Gasteiger partial charge is 0.255 e. The van der Waals surface area contributed by atoms with Crippen molar-refractivity contribution in [3.63, 3.8) is 0 Å². The number of benzene rings is 2. The molecule has 3 N–H and O–H groups in total. The Morgan fingerprint density at radius 2 is 1.97 bits per heavy atom. The summed E-state index contributed by atoms with van der Waals surface area (Å²) in [6, 6.07) is 15.4. The van der Waals surface area contributed by atoms with Gasteiger partial charge in [0.05, 0.1) is 17.3 Å². The van der Waals surface area contributed by atoms with Crippen LogP contribution in [0, 0.1) is 6.92 Å². The van der Waals surface area contributed by atoms with Crippen LogP contribution in [0.25, 0.3) is 11.3 Å². The van der Waals surface area contributed by atoms with E-state index in [-0.39, 0.29) is 17.9 Å². The Morgan fingerprint density at radius 3 is 2.72 bits per heavy atom. The van der Waals surface area contributed by atoms with Crippen molar-refractivity contribution in [3.8, 4) is 17.0 Å². The second-order valence-electron chi connectivity index (χ2n) is 7.99. The number of aryl methyl sites for hydroxylation is 1. The van der Waals surface area contributed by atoms with Gasteiger partial charge in [-0.1, -0.05) is 42.5 Å². The Kier molecular flexibility index (Phi) is 4.70. The van der Waals surface area contributed by atoms with Gasteiger partial charge < -0.3 is 15.8 Å². The van der Waals surface area contributed by atoms with E-state index in [1.165, 1.54) is 6.20 Å². The van der Waals surface area contributed by atoms with E-state index in [0.29, 0.717) is 17.7 Å². The van der Waals surface area contributed by atoms with Gasteiger partial charge in [-0.25, -0.2) is 9.97 Å². The highest BCUT2D eigenvalue weighted by Gasteiger charge is 2.35. The lowest BCUT2D eigenvalue weighted by Crippen LogP contribution is -2.41. The number of carbonyl (C=O) groups is 1. The molecule has 1 aromatic heterocycles. The number of carbonyl (C=O) groups excluding carboxylic acids is 1. The molecule has 29 heavy (non-hydrogen) atoms. The highest BCUT2D eigenvalue weighted by Crippen LogP contribution is 2.40. The summed E-state index contributed by atoms with van der Waals surface area (Å²) in [6.07, 6.45) is 2.14. The lowest BCUT2D eigenvalue weighted by atomic mass is 9.89. The van der Waals surface area contributed by atoms with Crippen LogP contribution in [-0.2, 0) is 0 Å². The number of fused-ring (bicyclic) bond motifs is 1. The number of anilines is 1. The van der Waals surface area contributed by atoms with E-state index in [9.17, 15) is 4.79 Å². The fourth-order valence-electron chi connectivity index (χ4n) is 3.70. The van der Waals surface area contributed by atoms with Gasteiger partial charge in [-0.15, -0.1) is 0 Å². The average Bonchev–Trinajstić information content (AvgIpc) is 2.67. The van der Waals surface area contributed by atoms with Crippen LogP contribution in [0.3, 0.4) is 0 Å². The van der Waals surface area contributed by atoms with Gasteiger partial charge in [0, 0.05) is 23.7 Å². The predicted octanol–water partition coefficient (Wildman–Crippen LogP) is 4.07. The summed E-state index contributed by atoms with van der Waals surface area (Å²) in [5.74, 6) is 0.704. The molecule has 0 aliphatic carbocycles. The summed E-state index contributed by atoms with van der Waals surface area (Å²) >= 11 is 0. The molecule has 0 bridgehead atoms. The molecule has 0 spiro atoms. The first-order valence-electron chi connectivity index (χ1n) is 9.61. The fourth-order valence-corrected chi connectivity index (χ4v) is 3.70. The first-order chi connectivity index (χ1) is 13.8. The van der Waals surface area contributed by atoms with Crippen LogP contribution < -0.4 is 15.8 Å². The summed E-state index contributed by atoms with van der Waals surface area (Å²) in [7, 11) is 0. The van der Waals surface area contributed by atoms with E-state index in [2.05, 4.69) is 15.3 Å². The van der Waals surface area contributed by atoms with Gasteiger partial charge in [-0.05, 0) is 32.4 Å². The molecule has 0 radical (unpaired) electrons. The molecule has 2 aromatic carbocycles. The van der Waals surface area contributed by atoms with Crippen LogP contribution in [0.15, 0.2) is 54.7 Å². The van der Waals surface area contributed by atoms with Gasteiger partial charge in [0.15, 0.2) is 0 Å². The number of amides is 1. The minimum absolute atomic E-state index is 0.133. The minimum Gasteiger partial charge on any atom is -0.487 e. The molecule has 1 aliphatic rings. The van der Waals surface area contributed by atoms with Crippen LogP contribution in [0.1, 0.15) is 47.8 Å². The number of nitrogens with zero attached hydrogens (tertiary/aromatic N) is 2. The van der Waals surface area contributed by atoms with E-state index < -0.39 is 5.60 Å². The number of hydrogen-bond acceptors (Lipinski definition) is 5. The molecule has 6 nitrogen and oxygen atoms in total. The number of aromatic nitrogens is 2. The molecule has 3 aromatic rings. The molecular formula is C23H24N4O2. The van der Waals surface area contributed by atoms with Crippen molar-refractivity contribution in [2.45, 2.75) is 38.8 Å². The Hall–Kier alpha value is -3.41. The molecule has 1 atom stereocenters. The first-order valence-corrected chi connectivity index (χ1v) is 9.61. The van der Waals surface area contributed by atoms with Crippen LogP contribution in [-0.4, -0.2) is 21.5 Å². The summed E-state index contributed by atoms with van der Waals surface area (Å²) < 4.78 is 6.13. The Balaban J connectivity index is 1.69. The SMILES string of the molecule is Cc1ccc2c(c1)OC(C)(C)CC2NC(=O)c1cnc(N)nc1-c1ccccc1. The third-order valence-corrected chi connectivity index (χ3v) is 5.03. The number of nitrogens with one attached hydrogen (secondary N) is 1. The van der Waals surface area contributed by atoms with Crippen LogP contribution in [0.4, 0.5) is 5.95 Å². The van der Waals surface area contributed by atoms with Crippen molar-refractivity contribution < 1.29 is 9.53 Å². The van der Waals surface area contributed by atoms with E-state index in [1.807, 2.05) is 69.3 Å². The molecule has 0 fully saturated rings. The number of hydrogen-bond donors (Lipinski definition) is 2. The van der Waals surface area contributed by atoms with Gasteiger partial charge in [-0.2, -0.15) is 0 Å². The maximum Gasteiger partial charge on any atom is 0.255 e. The third-order valence-electron chi connectivity index (χ3n) is 5.03. The highest BCUT2D eigenvalue weighted by atomic mass is 16.5. The quantitative estimate of drug-likeness (QED) is 0.706. The van der Waals surface area contributed by atoms with Crippen LogP contribution in [0.5, 0.6) is 5.75 Å². The fraction of sp³-hybridized carbons (Fsp3) is 0.261. The molecular weight excluding hydrogens is 364 g/mol. The van der Waals surface area contributed by atoms with E-state index in [0.717, 1.165) is 22.4 Å². The number of rotatable bonds is 3. The maximum atomic E-state index is 13.2. The second kappa shape index (κ2) is 7.20. The van der Waals surface area contributed by atoms with Crippen molar-refractivity contribution >= 4 is 11.9 Å². The van der Waals surface area contributed by atoms with E-state index in [1.54, 1.807) is 0 Å². The number of nitrogen functional groups attached to an aromatic ring is 1. The Bertz CT molecular complexity index is 1060. The standard InChI is InChI=1S/C23H24N4O2/c1-14-9-10-16-18(12-23(2,3)29-19(16)11-14)26-21(28)17-13-25-22(24)27-20(17)15-7-5-4-6-8-15/h4-11,13,18H,12H2,1-3H3,(H,26,28)(H2,24,25,27). The van der Waals surface area contributed by atoms with Gasteiger partial charge in [0.25, 0.3) is 5.91 Å². The molecule has 0 saturated carbocycles. The van der Waals surface area contributed by atoms with Gasteiger partial charge in [-0.3, -0.25) is 4.79 Å². The number of nitrogens with two attached hydrogens (primary N) is 1. The van der Waals surface area contributed by atoms with Gasteiger partial charge in [0.1, 0.15) is 11.4 Å². The lowest BCUT2D eigenvalue weighted by Gasteiger charge is -2.38. The van der Waals surface area contributed by atoms with Crippen molar-refractivity contribution in [2.24, 2.45) is 0 Å². The zero-order chi connectivity index (χ0) is 20.6. The predicted molar refractivity (Wildman–Crippen MR) is 113 cm³/mol. The first kappa shape index (κ1) is 18.9. The monoisotopic (exact) mass is 388 g/mol. The third kappa shape index (κ3) is 3.92. The van der Waals surface area contributed by atoms with Crippen molar-refractivity contribution in [1.29, 1.82) is 0 Å². The molecule has 4 rings (SSSR count). The van der Waals surface area contributed by atoms with Crippen molar-refractivity contribution in [2.75, 3.05) is 5.73 Å². The highest BCUT2D eigenvalue weighted by molar-refractivity contribution is 6.00. The maximum absolute atomic E-state index is 13.2. The largest absolute Gasteiger partial charge is 0.487 e. The topological polar surface area (TPSA) is 90.1 Å². The molecule has 2 heterocycles. The molecule has 1 aliphatic heterocycles.